The van der Waals surface area contributed by atoms with E-state index in [4.69, 9.17) is 5.73 Å². The quantitative estimate of drug-likeness (QED) is 0.910. The van der Waals surface area contributed by atoms with E-state index >= 15 is 0 Å². The summed E-state index contributed by atoms with van der Waals surface area (Å²) in [6.07, 6.45) is -2.66. The Balaban J connectivity index is 0.00000220. The number of piperidine rings is 1. The number of halogens is 4. The fraction of sp³-hybridized carbons (Fsp3) is 0.500. The summed E-state index contributed by atoms with van der Waals surface area (Å²) in [5.74, 6) is -0.0586. The lowest BCUT2D eigenvalue weighted by Crippen LogP contribution is -2.43. The third kappa shape index (κ3) is 4.89. The van der Waals surface area contributed by atoms with Crippen LogP contribution >= 0.6 is 12.4 Å². The molecule has 21 heavy (non-hydrogen) atoms. The molecule has 3 nitrogen and oxygen atoms in total. The molecule has 0 bridgehead atoms. The van der Waals surface area contributed by atoms with Crippen molar-refractivity contribution in [2.24, 2.45) is 5.73 Å². The molecule has 0 unspecified atom stereocenters. The molecule has 1 heterocycles. The Bertz CT molecular complexity index is 468. The molecule has 118 valence electrons. The van der Waals surface area contributed by atoms with Gasteiger partial charge in [-0.15, -0.1) is 12.4 Å². The Labute approximate surface area is 127 Å². The smallest absolute Gasteiger partial charge is 0.342 e. The van der Waals surface area contributed by atoms with Crippen molar-refractivity contribution in [3.63, 3.8) is 0 Å². The van der Waals surface area contributed by atoms with E-state index in [-0.39, 0.29) is 30.8 Å². The lowest BCUT2D eigenvalue weighted by Gasteiger charge is -2.30. The van der Waals surface area contributed by atoms with Gasteiger partial charge in [0, 0.05) is 19.1 Å². The molecule has 2 rings (SSSR count). The van der Waals surface area contributed by atoms with Crippen LogP contribution in [0.25, 0.3) is 0 Å². The Morgan fingerprint density at radius 3 is 2.19 bits per heavy atom. The van der Waals surface area contributed by atoms with Crippen molar-refractivity contribution in [1.82, 2.24) is 4.90 Å². The maximum absolute atomic E-state index is 12.4. The number of alkyl halides is 3. The zero-order valence-electron chi connectivity index (χ0n) is 11.4. The highest BCUT2D eigenvalue weighted by atomic mass is 35.5. The first-order valence-electron chi connectivity index (χ1n) is 6.56. The molecule has 0 atom stereocenters. The average molecular weight is 323 g/mol. The first kappa shape index (κ1) is 17.8. The number of hydrogen-bond acceptors (Lipinski definition) is 2. The van der Waals surface area contributed by atoms with Gasteiger partial charge in [-0.25, -0.2) is 0 Å². The standard InChI is InChI=1S/C14H17F3N2O.ClH/c15-14(16,17)11-3-1-10(2-4-11)9-13(20)19-7-5-12(18)6-8-19;/h1-4,12H,5-9,18H2;1H. The van der Waals surface area contributed by atoms with Crippen molar-refractivity contribution in [2.75, 3.05) is 13.1 Å². The Morgan fingerprint density at radius 2 is 1.71 bits per heavy atom. The van der Waals surface area contributed by atoms with Crippen molar-refractivity contribution < 1.29 is 18.0 Å². The first-order chi connectivity index (χ1) is 9.36. The summed E-state index contributed by atoms with van der Waals surface area (Å²) >= 11 is 0. The third-order valence-corrected chi connectivity index (χ3v) is 3.53. The molecule has 1 aromatic rings. The van der Waals surface area contributed by atoms with Crippen LogP contribution in [0.5, 0.6) is 0 Å². The van der Waals surface area contributed by atoms with Gasteiger partial charge in [-0.3, -0.25) is 4.79 Å². The highest BCUT2D eigenvalue weighted by molar-refractivity contribution is 5.85. The van der Waals surface area contributed by atoms with Crippen LogP contribution in [-0.4, -0.2) is 29.9 Å². The van der Waals surface area contributed by atoms with E-state index in [1.54, 1.807) is 4.90 Å². The van der Waals surface area contributed by atoms with Crippen molar-refractivity contribution in [1.29, 1.82) is 0 Å². The maximum Gasteiger partial charge on any atom is 0.416 e. The van der Waals surface area contributed by atoms with E-state index in [1.807, 2.05) is 0 Å². The summed E-state index contributed by atoms with van der Waals surface area (Å²) < 4.78 is 37.3. The van der Waals surface area contributed by atoms with Crippen molar-refractivity contribution in [2.45, 2.75) is 31.5 Å². The van der Waals surface area contributed by atoms with Crippen LogP contribution in [0, 0.1) is 0 Å². The summed E-state index contributed by atoms with van der Waals surface area (Å²) in [6, 6.07) is 4.88. The fourth-order valence-electron chi connectivity index (χ4n) is 2.25. The first-order valence-corrected chi connectivity index (χ1v) is 6.56. The number of carbonyl (C=O) groups is 1. The zero-order valence-corrected chi connectivity index (χ0v) is 12.2. The highest BCUT2D eigenvalue weighted by Crippen LogP contribution is 2.29. The monoisotopic (exact) mass is 322 g/mol. The predicted octanol–water partition coefficient (Wildman–Crippen LogP) is 2.62. The molecule has 0 saturated carbocycles. The molecule has 0 radical (unpaired) electrons. The minimum Gasteiger partial charge on any atom is -0.342 e. The number of amides is 1. The van der Waals surface area contributed by atoms with Crippen LogP contribution in [0.1, 0.15) is 24.0 Å². The van der Waals surface area contributed by atoms with Crippen LogP contribution < -0.4 is 5.73 Å². The van der Waals surface area contributed by atoms with Crippen molar-refractivity contribution in [3.05, 3.63) is 35.4 Å². The van der Waals surface area contributed by atoms with Gasteiger partial charge in [0.15, 0.2) is 0 Å². The summed E-state index contributed by atoms with van der Waals surface area (Å²) in [4.78, 5) is 13.7. The normalized spacial score (nSPS) is 16.5. The lowest BCUT2D eigenvalue weighted by atomic mass is 10.0. The summed E-state index contributed by atoms with van der Waals surface area (Å²) in [6.45, 7) is 1.25. The van der Waals surface area contributed by atoms with Gasteiger partial charge in [0.05, 0.1) is 12.0 Å². The van der Waals surface area contributed by atoms with Crippen LogP contribution in [-0.2, 0) is 17.4 Å². The van der Waals surface area contributed by atoms with E-state index < -0.39 is 11.7 Å². The summed E-state index contributed by atoms with van der Waals surface area (Å²) in [7, 11) is 0. The third-order valence-electron chi connectivity index (χ3n) is 3.53. The molecular weight excluding hydrogens is 305 g/mol. The van der Waals surface area contributed by atoms with Crippen molar-refractivity contribution >= 4 is 18.3 Å². The number of hydrogen-bond donors (Lipinski definition) is 1. The lowest BCUT2D eigenvalue weighted by molar-refractivity contribution is -0.137. The second kappa shape index (κ2) is 7.13. The van der Waals surface area contributed by atoms with Gasteiger partial charge in [-0.1, -0.05) is 12.1 Å². The number of likely N-dealkylation sites (tertiary alicyclic amines) is 1. The van der Waals surface area contributed by atoms with E-state index in [2.05, 4.69) is 0 Å². The summed E-state index contributed by atoms with van der Waals surface area (Å²) in [5.41, 5.74) is 5.66. The molecule has 1 fully saturated rings. The molecule has 1 aliphatic rings. The average Bonchev–Trinajstić information content (AvgIpc) is 2.39. The van der Waals surface area contributed by atoms with Crippen LogP contribution in [0.3, 0.4) is 0 Å². The molecule has 1 saturated heterocycles. The fourth-order valence-corrected chi connectivity index (χ4v) is 2.25. The number of nitrogens with zero attached hydrogens (tertiary/aromatic N) is 1. The summed E-state index contributed by atoms with van der Waals surface area (Å²) in [5, 5.41) is 0. The second-order valence-corrected chi connectivity index (χ2v) is 5.09. The zero-order chi connectivity index (χ0) is 14.8. The molecule has 1 amide bonds. The van der Waals surface area contributed by atoms with Gasteiger partial charge in [0.2, 0.25) is 5.91 Å². The number of nitrogens with two attached hydrogens (primary N) is 1. The number of benzene rings is 1. The van der Waals surface area contributed by atoms with Crippen LogP contribution in [0.4, 0.5) is 13.2 Å². The molecule has 0 aliphatic carbocycles. The van der Waals surface area contributed by atoms with Crippen LogP contribution in [0.2, 0.25) is 0 Å². The Hall–Kier alpha value is -1.27. The molecule has 0 spiro atoms. The molecule has 0 aromatic heterocycles. The van der Waals surface area contributed by atoms with E-state index in [9.17, 15) is 18.0 Å². The SMILES string of the molecule is Cl.NC1CCN(C(=O)Cc2ccc(C(F)(F)F)cc2)CC1. The largest absolute Gasteiger partial charge is 0.416 e. The van der Waals surface area contributed by atoms with Gasteiger partial charge in [0.1, 0.15) is 0 Å². The van der Waals surface area contributed by atoms with Crippen LogP contribution in [0.15, 0.2) is 24.3 Å². The number of rotatable bonds is 2. The van der Waals surface area contributed by atoms with E-state index in [0.717, 1.165) is 25.0 Å². The topological polar surface area (TPSA) is 46.3 Å². The minimum absolute atomic E-state index is 0. The molecular formula is C14H18ClF3N2O. The Morgan fingerprint density at radius 1 is 1.19 bits per heavy atom. The molecule has 2 N–H and O–H groups in total. The van der Waals surface area contributed by atoms with Gasteiger partial charge < -0.3 is 10.6 Å². The maximum atomic E-state index is 12.4. The van der Waals surface area contributed by atoms with Gasteiger partial charge in [-0.05, 0) is 30.5 Å². The number of carbonyl (C=O) groups excluding carboxylic acids is 1. The molecule has 7 heteroatoms. The van der Waals surface area contributed by atoms with Gasteiger partial charge in [0.25, 0.3) is 0 Å². The molecule has 1 aromatic carbocycles. The van der Waals surface area contributed by atoms with E-state index in [1.165, 1.54) is 12.1 Å². The Kier molecular flexibility index (Phi) is 6.04. The highest BCUT2D eigenvalue weighted by Gasteiger charge is 2.30. The van der Waals surface area contributed by atoms with Gasteiger partial charge in [-0.2, -0.15) is 13.2 Å². The van der Waals surface area contributed by atoms with E-state index in [0.29, 0.717) is 18.7 Å². The minimum atomic E-state index is -4.34. The van der Waals surface area contributed by atoms with Gasteiger partial charge >= 0.3 is 6.18 Å². The van der Waals surface area contributed by atoms with Crippen molar-refractivity contribution in [3.8, 4) is 0 Å². The molecule has 1 aliphatic heterocycles. The predicted molar refractivity (Wildman–Crippen MR) is 76.2 cm³/mol. The second-order valence-electron chi connectivity index (χ2n) is 5.09.